The molecule has 0 saturated carbocycles. The van der Waals surface area contributed by atoms with E-state index in [4.69, 9.17) is 0 Å². The molecule has 0 aliphatic rings. The first-order chi connectivity index (χ1) is 14.5. The highest BCUT2D eigenvalue weighted by Gasteiger charge is 2.11. The van der Waals surface area contributed by atoms with Gasteiger partial charge in [0.15, 0.2) is 5.65 Å². The van der Waals surface area contributed by atoms with Crippen molar-refractivity contribution >= 4 is 57.0 Å². The minimum Gasteiger partial charge on any atom is -0.338 e. The number of amides is 2. The van der Waals surface area contributed by atoms with E-state index in [9.17, 15) is 9.59 Å². The van der Waals surface area contributed by atoms with Crippen molar-refractivity contribution in [2.75, 3.05) is 16.4 Å². The zero-order valence-corrected chi connectivity index (χ0v) is 17.3. The molecule has 9 heteroatoms. The van der Waals surface area contributed by atoms with E-state index in [-0.39, 0.29) is 17.6 Å². The van der Waals surface area contributed by atoms with Gasteiger partial charge in [-0.05, 0) is 48.4 Å². The third kappa shape index (κ3) is 4.41. The summed E-state index contributed by atoms with van der Waals surface area (Å²) in [5.74, 6) is -0.171. The summed E-state index contributed by atoms with van der Waals surface area (Å²) < 4.78 is 0. The molecule has 0 spiro atoms. The maximum atomic E-state index is 12.2. The third-order valence-electron chi connectivity index (χ3n) is 4.49. The quantitative estimate of drug-likeness (QED) is 0.410. The Labute approximate surface area is 176 Å². The minimum atomic E-state index is -0.180. The van der Waals surface area contributed by atoms with Gasteiger partial charge in [-0.2, -0.15) is 0 Å². The molecule has 0 atom stereocenters. The zero-order valence-electron chi connectivity index (χ0n) is 16.5. The number of carbonyl (C=O) groups excluding carboxylic acids is 2. The van der Waals surface area contributed by atoms with Crippen LogP contribution in [0.1, 0.15) is 19.4 Å². The lowest BCUT2D eigenvalue weighted by atomic mass is 10.1. The Morgan fingerprint density at radius 3 is 2.47 bits per heavy atom. The van der Waals surface area contributed by atoms with Crippen molar-refractivity contribution in [3.8, 4) is 0 Å². The molecule has 3 N–H and O–H groups in total. The van der Waals surface area contributed by atoms with E-state index in [1.165, 1.54) is 24.2 Å². The van der Waals surface area contributed by atoms with Crippen LogP contribution in [0.2, 0.25) is 0 Å². The molecule has 0 saturated heterocycles. The van der Waals surface area contributed by atoms with Gasteiger partial charge in [-0.1, -0.05) is 24.8 Å². The monoisotopic (exact) mass is 420 g/mol. The third-order valence-corrected chi connectivity index (χ3v) is 5.33. The molecule has 4 rings (SSSR count). The van der Waals surface area contributed by atoms with Crippen LogP contribution in [0.15, 0.2) is 47.6 Å². The number of nitrogens with one attached hydrogen (secondary N) is 3. The Hall–Kier alpha value is -3.46. The second-order valence-corrected chi connectivity index (χ2v) is 7.69. The lowest BCUT2D eigenvalue weighted by molar-refractivity contribution is -0.114. The molecule has 2 aromatic carbocycles. The predicted octanol–water partition coefficient (Wildman–Crippen LogP) is 3.76. The van der Waals surface area contributed by atoms with Crippen LogP contribution in [0.25, 0.3) is 22.1 Å². The number of thioether (sulfide) groups is 1. The van der Waals surface area contributed by atoms with Crippen LogP contribution in [0.5, 0.6) is 0 Å². The van der Waals surface area contributed by atoms with Gasteiger partial charge in [0, 0.05) is 29.2 Å². The average molecular weight is 420 g/mol. The number of hydrogen-bond donors (Lipinski definition) is 3. The van der Waals surface area contributed by atoms with E-state index >= 15 is 0 Å². The maximum absolute atomic E-state index is 12.2. The molecular weight excluding hydrogens is 400 g/mol. The van der Waals surface area contributed by atoms with E-state index in [1.807, 2.05) is 6.07 Å². The van der Waals surface area contributed by atoms with Crippen LogP contribution in [0.3, 0.4) is 0 Å². The summed E-state index contributed by atoms with van der Waals surface area (Å²) >= 11 is 1.22. The van der Waals surface area contributed by atoms with E-state index < -0.39 is 0 Å². The number of aryl methyl sites for hydroxylation is 1. The lowest BCUT2D eigenvalue weighted by Crippen LogP contribution is -2.14. The minimum absolute atomic E-state index is 0.144. The standard InChI is InChI=1S/C21H20N6O2S/c1-3-13-4-9-17-16(10-13)19-20(24-17)25-21(27-26-19)30-11-18(29)23-15-7-5-14(6-8-15)22-12(2)28/h4-10H,3,11H2,1-2H3,(H,22,28)(H,23,29)(H,24,25,27). The predicted molar refractivity (Wildman–Crippen MR) is 119 cm³/mol. The number of benzene rings is 2. The van der Waals surface area contributed by atoms with E-state index in [0.717, 1.165) is 22.8 Å². The summed E-state index contributed by atoms with van der Waals surface area (Å²) in [4.78, 5) is 31.1. The summed E-state index contributed by atoms with van der Waals surface area (Å²) in [5.41, 5.74) is 4.90. The molecule has 8 nitrogen and oxygen atoms in total. The van der Waals surface area contributed by atoms with Crippen LogP contribution >= 0.6 is 11.8 Å². The number of H-pyrrole nitrogens is 1. The summed E-state index contributed by atoms with van der Waals surface area (Å²) in [6.07, 6.45) is 0.947. The number of aromatic amines is 1. The molecule has 2 aromatic heterocycles. The first kappa shape index (κ1) is 19.8. The Morgan fingerprint density at radius 2 is 1.77 bits per heavy atom. The van der Waals surface area contributed by atoms with Crippen molar-refractivity contribution in [1.29, 1.82) is 0 Å². The highest BCUT2D eigenvalue weighted by atomic mass is 32.2. The smallest absolute Gasteiger partial charge is 0.234 e. The number of nitrogens with zero attached hydrogens (tertiary/aromatic N) is 3. The van der Waals surface area contributed by atoms with Gasteiger partial charge in [0.25, 0.3) is 0 Å². The number of fused-ring (bicyclic) bond motifs is 3. The molecule has 0 aliphatic carbocycles. The van der Waals surface area contributed by atoms with Crippen molar-refractivity contribution in [2.24, 2.45) is 0 Å². The van der Waals surface area contributed by atoms with E-state index in [2.05, 4.69) is 49.9 Å². The summed E-state index contributed by atoms with van der Waals surface area (Å²) in [7, 11) is 0. The summed E-state index contributed by atoms with van der Waals surface area (Å²) in [5, 5.41) is 15.4. The Kier molecular flexibility index (Phi) is 5.62. The maximum Gasteiger partial charge on any atom is 0.234 e. The number of aromatic nitrogens is 4. The first-order valence-corrected chi connectivity index (χ1v) is 10.5. The summed E-state index contributed by atoms with van der Waals surface area (Å²) in [6, 6.07) is 13.1. The van der Waals surface area contributed by atoms with Gasteiger partial charge in [-0.3, -0.25) is 9.59 Å². The second-order valence-electron chi connectivity index (χ2n) is 6.75. The fourth-order valence-corrected chi connectivity index (χ4v) is 3.64. The van der Waals surface area contributed by atoms with Gasteiger partial charge < -0.3 is 15.6 Å². The van der Waals surface area contributed by atoms with Gasteiger partial charge in [0.1, 0.15) is 5.52 Å². The van der Waals surface area contributed by atoms with Gasteiger partial charge in [-0.15, -0.1) is 10.2 Å². The second kappa shape index (κ2) is 8.50. The molecule has 2 amide bonds. The number of anilines is 2. The molecule has 30 heavy (non-hydrogen) atoms. The molecule has 0 radical (unpaired) electrons. The van der Waals surface area contributed by atoms with E-state index in [0.29, 0.717) is 22.2 Å². The summed E-state index contributed by atoms with van der Waals surface area (Å²) in [6.45, 7) is 3.55. The fraction of sp³-hybridized carbons (Fsp3) is 0.190. The topological polar surface area (TPSA) is 113 Å². The van der Waals surface area contributed by atoms with Gasteiger partial charge in [0.05, 0.1) is 5.75 Å². The van der Waals surface area contributed by atoms with E-state index in [1.54, 1.807) is 24.3 Å². The normalized spacial score (nSPS) is 11.0. The van der Waals surface area contributed by atoms with Crippen LogP contribution < -0.4 is 10.6 Å². The zero-order chi connectivity index (χ0) is 21.1. The van der Waals surface area contributed by atoms with Gasteiger partial charge in [-0.25, -0.2) is 4.98 Å². The molecule has 0 bridgehead atoms. The number of hydrogen-bond acceptors (Lipinski definition) is 6. The molecular formula is C21H20N6O2S. The van der Waals surface area contributed by atoms with Crippen molar-refractivity contribution in [3.63, 3.8) is 0 Å². The largest absolute Gasteiger partial charge is 0.338 e. The highest BCUT2D eigenvalue weighted by molar-refractivity contribution is 7.99. The lowest BCUT2D eigenvalue weighted by Gasteiger charge is -2.06. The van der Waals surface area contributed by atoms with Gasteiger partial charge >= 0.3 is 0 Å². The number of rotatable bonds is 6. The van der Waals surface area contributed by atoms with Crippen molar-refractivity contribution < 1.29 is 9.59 Å². The molecule has 0 fully saturated rings. The molecule has 4 aromatic rings. The first-order valence-electron chi connectivity index (χ1n) is 9.47. The van der Waals surface area contributed by atoms with Crippen LogP contribution in [0.4, 0.5) is 11.4 Å². The Bertz CT molecular complexity index is 1240. The molecule has 2 heterocycles. The molecule has 0 aliphatic heterocycles. The van der Waals surface area contributed by atoms with Crippen molar-refractivity contribution in [3.05, 3.63) is 48.0 Å². The number of carbonyl (C=O) groups is 2. The molecule has 152 valence electrons. The average Bonchev–Trinajstić information content (AvgIpc) is 3.10. The fourth-order valence-electron chi connectivity index (χ4n) is 3.05. The van der Waals surface area contributed by atoms with Crippen LogP contribution in [-0.2, 0) is 16.0 Å². The van der Waals surface area contributed by atoms with Crippen molar-refractivity contribution in [1.82, 2.24) is 20.2 Å². The van der Waals surface area contributed by atoms with Crippen LogP contribution in [-0.4, -0.2) is 37.7 Å². The molecule has 0 unspecified atom stereocenters. The van der Waals surface area contributed by atoms with Crippen molar-refractivity contribution in [2.45, 2.75) is 25.4 Å². The Morgan fingerprint density at radius 1 is 1.03 bits per heavy atom. The Balaban J connectivity index is 1.41. The highest BCUT2D eigenvalue weighted by Crippen LogP contribution is 2.25. The van der Waals surface area contributed by atoms with Crippen LogP contribution in [0, 0.1) is 0 Å². The van der Waals surface area contributed by atoms with Gasteiger partial charge in [0.2, 0.25) is 17.0 Å². The SMILES string of the molecule is CCc1ccc2[nH]c3nc(SCC(=O)Nc4ccc(NC(C)=O)cc4)nnc3c2c1.